The van der Waals surface area contributed by atoms with E-state index in [0.717, 1.165) is 5.56 Å². The van der Waals surface area contributed by atoms with Gasteiger partial charge in [-0.25, -0.2) is 0 Å². The second-order valence-corrected chi connectivity index (χ2v) is 4.91. The van der Waals surface area contributed by atoms with E-state index in [-0.39, 0.29) is 11.8 Å². The number of rotatable bonds is 6. The van der Waals surface area contributed by atoms with Crippen molar-refractivity contribution in [3.8, 4) is 0 Å². The average Bonchev–Trinajstić information content (AvgIpc) is 2.44. The third-order valence-corrected chi connectivity index (χ3v) is 3.06. The van der Waals surface area contributed by atoms with Gasteiger partial charge >= 0.3 is 0 Å². The highest BCUT2D eigenvalue weighted by Gasteiger charge is 2.11. The molecule has 5 heteroatoms. The summed E-state index contributed by atoms with van der Waals surface area (Å²) in [7, 11) is 3.32. The number of hydrogen-bond acceptors (Lipinski definition) is 3. The Morgan fingerprint density at radius 1 is 1.30 bits per heavy atom. The van der Waals surface area contributed by atoms with Crippen LogP contribution in [0.3, 0.4) is 0 Å². The summed E-state index contributed by atoms with van der Waals surface area (Å²) in [4.78, 5) is 24.9. The van der Waals surface area contributed by atoms with E-state index in [9.17, 15) is 14.7 Å². The second-order valence-electron chi connectivity index (χ2n) is 4.91. The number of nitrogens with one attached hydrogen (secondary N) is 1. The molecule has 0 aromatic heterocycles. The second kappa shape index (κ2) is 7.65. The topological polar surface area (TPSA) is 69.6 Å². The lowest BCUT2D eigenvalue weighted by atomic mass is 10.1. The van der Waals surface area contributed by atoms with Gasteiger partial charge in [-0.15, -0.1) is 0 Å². The molecule has 0 saturated carbocycles. The molecule has 1 rings (SSSR count). The minimum Gasteiger partial charge on any atom is -0.393 e. The monoisotopic (exact) mass is 278 g/mol. The number of aliphatic hydroxyl groups excluding tert-OH is 1. The Morgan fingerprint density at radius 3 is 2.40 bits per heavy atom. The van der Waals surface area contributed by atoms with Gasteiger partial charge in [0.05, 0.1) is 6.10 Å². The van der Waals surface area contributed by atoms with Gasteiger partial charge in [0.25, 0.3) is 5.91 Å². The van der Waals surface area contributed by atoms with Crippen molar-refractivity contribution >= 4 is 11.8 Å². The van der Waals surface area contributed by atoms with Crippen LogP contribution in [0.5, 0.6) is 0 Å². The average molecular weight is 278 g/mol. The molecule has 1 atom stereocenters. The zero-order valence-corrected chi connectivity index (χ0v) is 12.2. The molecule has 0 bridgehead atoms. The zero-order chi connectivity index (χ0) is 15.1. The molecule has 0 heterocycles. The van der Waals surface area contributed by atoms with E-state index < -0.39 is 6.10 Å². The van der Waals surface area contributed by atoms with E-state index in [4.69, 9.17) is 0 Å². The van der Waals surface area contributed by atoms with Crippen LogP contribution in [0, 0.1) is 0 Å². The van der Waals surface area contributed by atoms with Crippen molar-refractivity contribution in [2.45, 2.75) is 32.4 Å². The van der Waals surface area contributed by atoms with Crippen molar-refractivity contribution in [1.82, 2.24) is 10.2 Å². The number of nitrogens with zero attached hydrogens (tertiary/aromatic N) is 1. The molecule has 0 aliphatic heterocycles. The summed E-state index contributed by atoms with van der Waals surface area (Å²) >= 11 is 0. The molecular formula is C15H22N2O3. The predicted octanol–water partition coefficient (Wildman–Crippen LogP) is 1.17. The Kier molecular flexibility index (Phi) is 6.18. The Bertz CT molecular complexity index is 455. The third kappa shape index (κ3) is 5.01. The highest BCUT2D eigenvalue weighted by Crippen LogP contribution is 2.08. The maximum Gasteiger partial charge on any atom is 0.251 e. The molecule has 0 saturated heterocycles. The highest BCUT2D eigenvalue weighted by atomic mass is 16.3. The van der Waals surface area contributed by atoms with Crippen LogP contribution < -0.4 is 5.32 Å². The summed E-state index contributed by atoms with van der Waals surface area (Å²) in [5.74, 6) is -0.126. The SMILES string of the molecule is CNC(=O)c1ccc(CN(C)C(=O)CCC(C)O)cc1. The van der Waals surface area contributed by atoms with Gasteiger partial charge in [0.15, 0.2) is 0 Å². The van der Waals surface area contributed by atoms with E-state index in [0.29, 0.717) is 24.9 Å². The van der Waals surface area contributed by atoms with Crippen molar-refractivity contribution < 1.29 is 14.7 Å². The fraction of sp³-hybridized carbons (Fsp3) is 0.467. The maximum absolute atomic E-state index is 11.8. The van der Waals surface area contributed by atoms with E-state index in [1.165, 1.54) is 0 Å². The first kappa shape index (κ1) is 16.2. The Morgan fingerprint density at radius 2 is 1.90 bits per heavy atom. The van der Waals surface area contributed by atoms with E-state index in [2.05, 4.69) is 5.32 Å². The lowest BCUT2D eigenvalue weighted by molar-refractivity contribution is -0.131. The number of amides is 2. The van der Waals surface area contributed by atoms with Gasteiger partial charge in [-0.2, -0.15) is 0 Å². The first-order valence-corrected chi connectivity index (χ1v) is 6.67. The molecule has 1 aromatic carbocycles. The molecule has 0 aliphatic carbocycles. The molecular weight excluding hydrogens is 256 g/mol. The quantitative estimate of drug-likeness (QED) is 0.820. The van der Waals surface area contributed by atoms with Crippen LogP contribution in [0.4, 0.5) is 0 Å². The number of carbonyl (C=O) groups excluding carboxylic acids is 2. The van der Waals surface area contributed by atoms with Crippen molar-refractivity contribution in [1.29, 1.82) is 0 Å². The largest absolute Gasteiger partial charge is 0.393 e. The number of benzene rings is 1. The van der Waals surface area contributed by atoms with Crippen molar-refractivity contribution in [2.24, 2.45) is 0 Å². The minimum absolute atomic E-state index is 0.00118. The number of aliphatic hydroxyl groups is 1. The highest BCUT2D eigenvalue weighted by molar-refractivity contribution is 5.93. The van der Waals surface area contributed by atoms with Crippen LogP contribution in [-0.2, 0) is 11.3 Å². The van der Waals surface area contributed by atoms with Crippen LogP contribution in [-0.4, -0.2) is 42.0 Å². The normalized spacial score (nSPS) is 11.8. The molecule has 2 amide bonds. The summed E-state index contributed by atoms with van der Waals surface area (Å²) in [6.07, 6.45) is 0.350. The Hall–Kier alpha value is -1.88. The summed E-state index contributed by atoms with van der Waals surface area (Å²) in [6, 6.07) is 7.15. The van der Waals surface area contributed by atoms with Crippen LogP contribution in [0.1, 0.15) is 35.7 Å². The maximum atomic E-state index is 11.8. The molecule has 2 N–H and O–H groups in total. The first-order chi connectivity index (χ1) is 9.43. The standard InChI is InChI=1S/C15H22N2O3/c1-11(18)4-9-14(19)17(3)10-12-5-7-13(8-6-12)15(20)16-2/h5-8,11,18H,4,9-10H2,1-3H3,(H,16,20). The Labute approximate surface area is 119 Å². The van der Waals surface area contributed by atoms with Crippen molar-refractivity contribution in [2.75, 3.05) is 14.1 Å². The summed E-state index contributed by atoms with van der Waals surface area (Å²) in [5, 5.41) is 11.7. The first-order valence-electron chi connectivity index (χ1n) is 6.67. The number of hydrogen-bond donors (Lipinski definition) is 2. The van der Waals surface area contributed by atoms with Crippen LogP contribution in [0.25, 0.3) is 0 Å². The predicted molar refractivity (Wildman–Crippen MR) is 77.2 cm³/mol. The zero-order valence-electron chi connectivity index (χ0n) is 12.2. The fourth-order valence-corrected chi connectivity index (χ4v) is 1.79. The van der Waals surface area contributed by atoms with Gasteiger partial charge < -0.3 is 15.3 Å². The smallest absolute Gasteiger partial charge is 0.251 e. The lowest BCUT2D eigenvalue weighted by Crippen LogP contribution is -2.26. The molecule has 0 aliphatic rings. The molecule has 0 radical (unpaired) electrons. The number of carbonyl (C=O) groups is 2. The summed E-state index contributed by atoms with van der Waals surface area (Å²) < 4.78 is 0. The molecule has 110 valence electrons. The molecule has 1 aromatic rings. The van der Waals surface area contributed by atoms with Crippen LogP contribution in [0.2, 0.25) is 0 Å². The van der Waals surface area contributed by atoms with E-state index in [1.807, 2.05) is 12.1 Å². The van der Waals surface area contributed by atoms with Gasteiger partial charge in [0, 0.05) is 32.6 Å². The lowest BCUT2D eigenvalue weighted by Gasteiger charge is -2.18. The van der Waals surface area contributed by atoms with E-state index in [1.54, 1.807) is 38.1 Å². The van der Waals surface area contributed by atoms with Gasteiger partial charge in [-0.05, 0) is 31.0 Å². The summed E-state index contributed by atoms with van der Waals surface area (Å²) in [5.41, 5.74) is 1.56. The molecule has 20 heavy (non-hydrogen) atoms. The fourth-order valence-electron chi connectivity index (χ4n) is 1.79. The molecule has 1 unspecified atom stereocenters. The minimum atomic E-state index is -0.459. The molecule has 0 fully saturated rings. The van der Waals surface area contributed by atoms with Gasteiger partial charge in [-0.3, -0.25) is 9.59 Å². The van der Waals surface area contributed by atoms with Crippen molar-refractivity contribution in [3.05, 3.63) is 35.4 Å². The Balaban J connectivity index is 2.55. The third-order valence-electron chi connectivity index (χ3n) is 3.06. The summed E-state index contributed by atoms with van der Waals surface area (Å²) in [6.45, 7) is 2.16. The van der Waals surface area contributed by atoms with Crippen LogP contribution in [0.15, 0.2) is 24.3 Å². The molecule has 5 nitrogen and oxygen atoms in total. The van der Waals surface area contributed by atoms with Crippen LogP contribution >= 0.6 is 0 Å². The van der Waals surface area contributed by atoms with Gasteiger partial charge in [-0.1, -0.05) is 12.1 Å². The molecule has 0 spiro atoms. The van der Waals surface area contributed by atoms with Gasteiger partial charge in [0.1, 0.15) is 0 Å². The van der Waals surface area contributed by atoms with E-state index >= 15 is 0 Å². The van der Waals surface area contributed by atoms with Gasteiger partial charge in [0.2, 0.25) is 5.91 Å². The van der Waals surface area contributed by atoms with Crippen molar-refractivity contribution in [3.63, 3.8) is 0 Å².